The van der Waals surface area contributed by atoms with Gasteiger partial charge in [-0.25, -0.2) is 0 Å². The normalized spacial score (nSPS) is 13.9. The highest BCUT2D eigenvalue weighted by Crippen LogP contribution is 2.22. The van der Waals surface area contributed by atoms with Gasteiger partial charge in [0.2, 0.25) is 0 Å². The summed E-state index contributed by atoms with van der Waals surface area (Å²) in [5.74, 6) is 0.851. The summed E-state index contributed by atoms with van der Waals surface area (Å²) in [5.41, 5.74) is 3.33. The molecule has 6 heteroatoms. The van der Waals surface area contributed by atoms with Crippen LogP contribution < -0.4 is 15.4 Å². The van der Waals surface area contributed by atoms with Crippen molar-refractivity contribution < 1.29 is 4.74 Å². The van der Waals surface area contributed by atoms with Crippen LogP contribution in [0.25, 0.3) is 0 Å². The summed E-state index contributed by atoms with van der Waals surface area (Å²) in [4.78, 5) is 12.0. The molecule has 0 unspecified atom stereocenters. The van der Waals surface area contributed by atoms with E-state index in [1.807, 2.05) is 18.3 Å². The number of nitrogens with one attached hydrogen (secondary N) is 3. The average molecular weight is 259 g/mol. The van der Waals surface area contributed by atoms with Crippen molar-refractivity contribution >= 4 is 5.82 Å². The van der Waals surface area contributed by atoms with E-state index in [2.05, 4.69) is 25.6 Å². The highest BCUT2D eigenvalue weighted by Gasteiger charge is 2.17. The number of ether oxygens (including phenoxy) is 1. The van der Waals surface area contributed by atoms with Crippen LogP contribution in [-0.2, 0) is 19.5 Å². The molecule has 0 radical (unpaired) electrons. The number of rotatable bonds is 4. The Balaban J connectivity index is 1.86. The molecule has 0 amide bonds. The van der Waals surface area contributed by atoms with Crippen molar-refractivity contribution in [2.45, 2.75) is 19.5 Å². The molecular weight excluding hydrogens is 242 g/mol. The van der Waals surface area contributed by atoms with Crippen LogP contribution in [0.3, 0.4) is 0 Å². The number of hydrogen-bond acceptors (Lipinski definition) is 5. The second kappa shape index (κ2) is 5.27. The largest absolute Gasteiger partial charge is 0.467 e. The first kappa shape index (κ1) is 12.0. The van der Waals surface area contributed by atoms with Crippen molar-refractivity contribution in [3.05, 3.63) is 35.3 Å². The van der Waals surface area contributed by atoms with E-state index >= 15 is 0 Å². The number of aromatic nitrogens is 3. The van der Waals surface area contributed by atoms with Crippen LogP contribution in [0.4, 0.5) is 5.82 Å². The van der Waals surface area contributed by atoms with E-state index in [-0.39, 0.29) is 0 Å². The third kappa shape index (κ3) is 2.53. The fraction of sp³-hybridized carbons (Fsp3) is 0.385. The van der Waals surface area contributed by atoms with Crippen LogP contribution in [-0.4, -0.2) is 28.6 Å². The highest BCUT2D eigenvalue weighted by molar-refractivity contribution is 5.48. The molecule has 0 saturated heterocycles. The molecule has 3 rings (SSSR count). The maximum Gasteiger partial charge on any atom is 0.318 e. The molecule has 100 valence electrons. The summed E-state index contributed by atoms with van der Waals surface area (Å²) in [6.07, 6.45) is 2.82. The van der Waals surface area contributed by atoms with E-state index in [4.69, 9.17) is 4.74 Å². The number of anilines is 1. The Morgan fingerprint density at radius 1 is 1.42 bits per heavy atom. The summed E-state index contributed by atoms with van der Waals surface area (Å²) in [5, 5.41) is 6.69. The Labute approximate surface area is 111 Å². The predicted octanol–water partition coefficient (Wildman–Crippen LogP) is 1.07. The van der Waals surface area contributed by atoms with Gasteiger partial charge in [0.05, 0.1) is 19.3 Å². The SMILES string of the molecule is COc1nc2c(c(NCc3ccc[nH]3)n1)CNCC2. The van der Waals surface area contributed by atoms with E-state index in [1.54, 1.807) is 7.11 Å². The quantitative estimate of drug-likeness (QED) is 0.766. The Bertz CT molecular complexity index is 552. The van der Waals surface area contributed by atoms with Crippen molar-refractivity contribution in [2.75, 3.05) is 19.0 Å². The van der Waals surface area contributed by atoms with Crippen LogP contribution >= 0.6 is 0 Å². The molecule has 0 aliphatic carbocycles. The van der Waals surface area contributed by atoms with Crippen LogP contribution in [0.5, 0.6) is 6.01 Å². The molecule has 3 heterocycles. The maximum absolute atomic E-state index is 5.17. The number of hydrogen-bond donors (Lipinski definition) is 3. The lowest BCUT2D eigenvalue weighted by Crippen LogP contribution is -2.26. The topological polar surface area (TPSA) is 74.9 Å². The second-order valence-electron chi connectivity index (χ2n) is 4.46. The minimum atomic E-state index is 0.426. The van der Waals surface area contributed by atoms with Gasteiger partial charge in [0.25, 0.3) is 0 Å². The van der Waals surface area contributed by atoms with Crippen LogP contribution in [0, 0.1) is 0 Å². The zero-order valence-electron chi connectivity index (χ0n) is 10.9. The lowest BCUT2D eigenvalue weighted by Gasteiger charge is -2.20. The zero-order chi connectivity index (χ0) is 13.1. The fourth-order valence-electron chi connectivity index (χ4n) is 2.21. The second-order valence-corrected chi connectivity index (χ2v) is 4.46. The van der Waals surface area contributed by atoms with Gasteiger partial charge in [-0.05, 0) is 12.1 Å². The average Bonchev–Trinajstić information content (AvgIpc) is 2.97. The molecule has 2 aromatic rings. The van der Waals surface area contributed by atoms with E-state index < -0.39 is 0 Å². The molecule has 2 aromatic heterocycles. The lowest BCUT2D eigenvalue weighted by molar-refractivity contribution is 0.376. The van der Waals surface area contributed by atoms with E-state index in [0.717, 1.165) is 42.3 Å². The minimum absolute atomic E-state index is 0.426. The first-order valence-electron chi connectivity index (χ1n) is 6.37. The van der Waals surface area contributed by atoms with Gasteiger partial charge in [-0.3, -0.25) is 0 Å². The third-order valence-corrected chi connectivity index (χ3v) is 3.20. The van der Waals surface area contributed by atoms with Crippen LogP contribution in [0.15, 0.2) is 18.3 Å². The molecule has 0 atom stereocenters. The maximum atomic E-state index is 5.17. The molecule has 1 aliphatic rings. The van der Waals surface area contributed by atoms with Gasteiger partial charge in [-0.15, -0.1) is 0 Å². The van der Waals surface area contributed by atoms with Gasteiger partial charge < -0.3 is 20.4 Å². The van der Waals surface area contributed by atoms with Crippen molar-refractivity contribution in [3.63, 3.8) is 0 Å². The Morgan fingerprint density at radius 3 is 3.16 bits per heavy atom. The van der Waals surface area contributed by atoms with Gasteiger partial charge in [-0.2, -0.15) is 9.97 Å². The minimum Gasteiger partial charge on any atom is -0.467 e. The van der Waals surface area contributed by atoms with Crippen molar-refractivity contribution in [2.24, 2.45) is 0 Å². The zero-order valence-corrected chi connectivity index (χ0v) is 10.9. The molecule has 0 fully saturated rings. The van der Waals surface area contributed by atoms with Gasteiger partial charge in [0.15, 0.2) is 0 Å². The number of fused-ring (bicyclic) bond motifs is 1. The van der Waals surface area contributed by atoms with E-state index in [1.165, 1.54) is 0 Å². The molecule has 0 bridgehead atoms. The molecule has 0 spiro atoms. The first-order valence-corrected chi connectivity index (χ1v) is 6.37. The smallest absolute Gasteiger partial charge is 0.318 e. The van der Waals surface area contributed by atoms with Crippen molar-refractivity contribution in [3.8, 4) is 6.01 Å². The summed E-state index contributed by atoms with van der Waals surface area (Å²) in [6.45, 7) is 2.45. The Kier molecular flexibility index (Phi) is 3.33. The van der Waals surface area contributed by atoms with Gasteiger partial charge in [0.1, 0.15) is 5.82 Å². The molecule has 1 aliphatic heterocycles. The molecule has 0 aromatic carbocycles. The number of methoxy groups -OCH3 is 1. The van der Waals surface area contributed by atoms with Crippen molar-refractivity contribution in [1.82, 2.24) is 20.3 Å². The van der Waals surface area contributed by atoms with Gasteiger partial charge in [-0.1, -0.05) is 0 Å². The molecule has 19 heavy (non-hydrogen) atoms. The third-order valence-electron chi connectivity index (χ3n) is 3.20. The monoisotopic (exact) mass is 259 g/mol. The predicted molar refractivity (Wildman–Crippen MR) is 72.1 cm³/mol. The lowest BCUT2D eigenvalue weighted by atomic mass is 10.1. The number of aromatic amines is 1. The number of nitrogens with zero attached hydrogens (tertiary/aromatic N) is 2. The van der Waals surface area contributed by atoms with Crippen molar-refractivity contribution in [1.29, 1.82) is 0 Å². The Morgan fingerprint density at radius 2 is 2.37 bits per heavy atom. The summed E-state index contributed by atoms with van der Waals surface area (Å²) in [7, 11) is 1.59. The Hall–Kier alpha value is -2.08. The summed E-state index contributed by atoms with van der Waals surface area (Å²) >= 11 is 0. The summed E-state index contributed by atoms with van der Waals surface area (Å²) < 4.78 is 5.17. The molecular formula is C13H17N5O. The van der Waals surface area contributed by atoms with Gasteiger partial charge >= 0.3 is 6.01 Å². The molecule has 0 saturated carbocycles. The summed E-state index contributed by atoms with van der Waals surface area (Å²) in [6, 6.07) is 4.44. The highest BCUT2D eigenvalue weighted by atomic mass is 16.5. The fourth-order valence-corrected chi connectivity index (χ4v) is 2.21. The van der Waals surface area contributed by atoms with Crippen LogP contribution in [0.2, 0.25) is 0 Å². The standard InChI is InChI=1S/C13H17N5O/c1-19-13-17-11-4-6-14-8-10(11)12(18-13)16-7-9-3-2-5-15-9/h2-3,5,14-15H,4,6-8H2,1H3,(H,16,17,18). The van der Waals surface area contributed by atoms with E-state index in [0.29, 0.717) is 12.6 Å². The molecule has 3 N–H and O–H groups in total. The number of H-pyrrole nitrogens is 1. The first-order chi connectivity index (χ1) is 9.36. The van der Waals surface area contributed by atoms with E-state index in [9.17, 15) is 0 Å². The van der Waals surface area contributed by atoms with Crippen LogP contribution in [0.1, 0.15) is 17.0 Å². The van der Waals surface area contributed by atoms with Gasteiger partial charge in [0, 0.05) is 37.0 Å². The molecule has 6 nitrogen and oxygen atoms in total.